The number of ether oxygens (including phenoxy) is 2. The van der Waals surface area contributed by atoms with Crippen molar-refractivity contribution >= 4 is 22.4 Å². The molecule has 6 nitrogen and oxygen atoms in total. The van der Waals surface area contributed by atoms with Crippen molar-refractivity contribution in [2.75, 3.05) is 5.32 Å². The number of thiazole rings is 1. The molecule has 1 aliphatic rings. The molecule has 2 aromatic rings. The van der Waals surface area contributed by atoms with Crippen LogP contribution in [0.4, 0.5) is 5.13 Å². The Labute approximate surface area is 150 Å². The number of carbonyl (C=O) groups excluding carboxylic acids is 1. The van der Waals surface area contributed by atoms with Crippen molar-refractivity contribution < 1.29 is 14.3 Å². The number of rotatable bonds is 3. The highest BCUT2D eigenvalue weighted by molar-refractivity contribution is 7.13. The lowest BCUT2D eigenvalue weighted by Crippen LogP contribution is -2.52. The van der Waals surface area contributed by atoms with Gasteiger partial charge in [-0.15, -0.1) is 11.3 Å². The number of fused-ring (bicyclic) bond motifs is 1. The fraction of sp³-hybridized carbons (Fsp3) is 0.389. The number of carbonyl (C=O) groups is 1. The van der Waals surface area contributed by atoms with E-state index in [9.17, 15) is 10.1 Å². The smallest absolute Gasteiger partial charge is 0.303 e. The van der Waals surface area contributed by atoms with Crippen LogP contribution in [0.3, 0.4) is 0 Å². The van der Waals surface area contributed by atoms with Crippen molar-refractivity contribution in [3.63, 3.8) is 0 Å². The molecule has 130 valence electrons. The first-order chi connectivity index (χ1) is 11.8. The molecule has 0 bridgehead atoms. The van der Waals surface area contributed by atoms with Gasteiger partial charge >= 0.3 is 5.97 Å². The third-order valence-corrected chi connectivity index (χ3v) is 4.92. The molecule has 0 saturated heterocycles. The average molecular weight is 357 g/mol. The van der Waals surface area contributed by atoms with Gasteiger partial charge in [0.05, 0.1) is 23.4 Å². The summed E-state index contributed by atoms with van der Waals surface area (Å²) in [7, 11) is 0. The highest BCUT2D eigenvalue weighted by atomic mass is 32.1. The molecule has 1 unspecified atom stereocenters. The number of hydrogen-bond acceptors (Lipinski definition) is 7. The molecule has 0 fully saturated rings. The van der Waals surface area contributed by atoms with E-state index in [1.807, 2.05) is 26.2 Å². The number of hydrogen-bond donors (Lipinski definition) is 1. The van der Waals surface area contributed by atoms with Crippen LogP contribution in [0.2, 0.25) is 0 Å². The van der Waals surface area contributed by atoms with Crippen LogP contribution < -0.4 is 10.1 Å². The molecule has 2 heterocycles. The monoisotopic (exact) mass is 357 g/mol. The van der Waals surface area contributed by atoms with Crippen molar-refractivity contribution in [1.29, 1.82) is 5.26 Å². The summed E-state index contributed by atoms with van der Waals surface area (Å²) in [5.74, 6) is 0.280. The average Bonchev–Trinajstić information content (AvgIpc) is 2.95. The summed E-state index contributed by atoms with van der Waals surface area (Å²) in [5.41, 5.74) is 1.47. The van der Waals surface area contributed by atoms with E-state index < -0.39 is 11.7 Å². The maximum atomic E-state index is 11.7. The van der Waals surface area contributed by atoms with Crippen molar-refractivity contribution in [2.45, 2.75) is 45.4 Å². The van der Waals surface area contributed by atoms with E-state index in [0.29, 0.717) is 11.3 Å². The molecule has 7 heteroatoms. The van der Waals surface area contributed by atoms with Crippen LogP contribution in [-0.2, 0) is 9.53 Å². The van der Waals surface area contributed by atoms with Gasteiger partial charge in [0.1, 0.15) is 11.4 Å². The summed E-state index contributed by atoms with van der Waals surface area (Å²) in [4.78, 5) is 16.1. The number of aromatic nitrogens is 1. The SMILES string of the molecule is CC(=O)O[C@@H]1C(Nc2nc(C)cs2)c2cc(C#N)ccc2OC1(C)C. The van der Waals surface area contributed by atoms with Gasteiger partial charge in [-0.3, -0.25) is 4.79 Å². The van der Waals surface area contributed by atoms with E-state index in [2.05, 4.69) is 16.4 Å². The highest BCUT2D eigenvalue weighted by Crippen LogP contribution is 2.43. The standard InChI is InChI=1S/C18H19N3O3S/c1-10-9-25-17(20-10)21-15-13-7-12(8-19)5-6-14(13)24-18(3,4)16(15)23-11(2)22/h5-7,9,15-16H,1-4H3,(H,20,21)/t15?,16-/m1/s1. The minimum absolute atomic E-state index is 0.374. The molecule has 1 N–H and O–H groups in total. The predicted molar refractivity (Wildman–Crippen MR) is 94.6 cm³/mol. The Morgan fingerprint density at radius 2 is 2.24 bits per heavy atom. The molecule has 0 spiro atoms. The normalized spacial score (nSPS) is 20.8. The van der Waals surface area contributed by atoms with Gasteiger partial charge in [0, 0.05) is 17.9 Å². The zero-order valence-corrected chi connectivity index (χ0v) is 15.3. The minimum Gasteiger partial charge on any atom is -0.484 e. The second-order valence-corrected chi connectivity index (χ2v) is 7.37. The van der Waals surface area contributed by atoms with Crippen LogP contribution in [0.1, 0.15) is 43.6 Å². The van der Waals surface area contributed by atoms with E-state index in [0.717, 1.165) is 16.4 Å². The van der Waals surface area contributed by atoms with Crippen LogP contribution in [0, 0.1) is 18.3 Å². The summed E-state index contributed by atoms with van der Waals surface area (Å²) in [6.07, 6.45) is -0.573. The first-order valence-electron chi connectivity index (χ1n) is 7.89. The molecular weight excluding hydrogens is 338 g/mol. The third kappa shape index (κ3) is 3.44. The molecule has 1 aromatic carbocycles. The number of aryl methyl sites for hydroxylation is 1. The van der Waals surface area contributed by atoms with Crippen LogP contribution in [0.5, 0.6) is 5.75 Å². The van der Waals surface area contributed by atoms with Crippen LogP contribution in [0.25, 0.3) is 0 Å². The number of nitrogens with zero attached hydrogens (tertiary/aromatic N) is 2. The number of nitrogens with one attached hydrogen (secondary N) is 1. The Kier molecular flexibility index (Phi) is 4.39. The van der Waals surface area contributed by atoms with Crippen molar-refractivity contribution in [3.05, 3.63) is 40.4 Å². The van der Waals surface area contributed by atoms with E-state index in [1.165, 1.54) is 18.3 Å². The maximum absolute atomic E-state index is 11.7. The van der Waals surface area contributed by atoms with Gasteiger partial charge in [0.2, 0.25) is 0 Å². The molecule has 3 rings (SSSR count). The summed E-state index contributed by atoms with van der Waals surface area (Å²) < 4.78 is 11.7. The lowest BCUT2D eigenvalue weighted by molar-refractivity contribution is -0.160. The topological polar surface area (TPSA) is 84.2 Å². The lowest BCUT2D eigenvalue weighted by Gasteiger charge is -2.44. The van der Waals surface area contributed by atoms with Gasteiger partial charge in [-0.05, 0) is 39.0 Å². The van der Waals surface area contributed by atoms with Crippen LogP contribution >= 0.6 is 11.3 Å². The van der Waals surface area contributed by atoms with Crippen molar-refractivity contribution in [2.24, 2.45) is 0 Å². The zero-order chi connectivity index (χ0) is 18.2. The van der Waals surface area contributed by atoms with Crippen molar-refractivity contribution in [1.82, 2.24) is 4.98 Å². The molecule has 2 atom stereocenters. The predicted octanol–water partition coefficient (Wildman–Crippen LogP) is 3.58. The summed E-state index contributed by atoms with van der Waals surface area (Å²) in [6.45, 7) is 7.05. The second-order valence-electron chi connectivity index (χ2n) is 6.52. The van der Waals surface area contributed by atoms with Crippen LogP contribution in [-0.4, -0.2) is 22.7 Å². The molecule has 0 aliphatic carbocycles. The zero-order valence-electron chi connectivity index (χ0n) is 14.5. The maximum Gasteiger partial charge on any atom is 0.303 e. The van der Waals surface area contributed by atoms with Crippen molar-refractivity contribution in [3.8, 4) is 11.8 Å². The number of anilines is 1. The number of nitriles is 1. The van der Waals surface area contributed by atoms with E-state index in [4.69, 9.17) is 9.47 Å². The Morgan fingerprint density at radius 3 is 2.84 bits per heavy atom. The van der Waals surface area contributed by atoms with E-state index in [1.54, 1.807) is 18.2 Å². The number of benzene rings is 1. The fourth-order valence-electron chi connectivity index (χ4n) is 2.96. The molecule has 0 amide bonds. The summed E-state index contributed by atoms with van der Waals surface area (Å²) >= 11 is 1.48. The molecular formula is C18H19N3O3S. The third-order valence-electron chi connectivity index (χ3n) is 4.03. The molecule has 25 heavy (non-hydrogen) atoms. The molecule has 0 saturated carbocycles. The summed E-state index contributed by atoms with van der Waals surface area (Å²) in [5, 5.41) is 15.3. The van der Waals surface area contributed by atoms with Gasteiger partial charge < -0.3 is 14.8 Å². The lowest BCUT2D eigenvalue weighted by atomic mass is 9.85. The fourth-order valence-corrected chi connectivity index (χ4v) is 3.68. The Hall–Kier alpha value is -2.59. The van der Waals surface area contributed by atoms with E-state index >= 15 is 0 Å². The second kappa shape index (κ2) is 6.37. The molecule has 1 aromatic heterocycles. The molecule has 1 aliphatic heterocycles. The first-order valence-corrected chi connectivity index (χ1v) is 8.77. The van der Waals surface area contributed by atoms with Gasteiger partial charge in [-0.2, -0.15) is 5.26 Å². The quantitative estimate of drug-likeness (QED) is 0.845. The van der Waals surface area contributed by atoms with Gasteiger partial charge in [0.25, 0.3) is 0 Å². The van der Waals surface area contributed by atoms with E-state index in [-0.39, 0.29) is 12.0 Å². The first kappa shape index (κ1) is 17.2. The number of esters is 1. The Bertz CT molecular complexity index is 853. The minimum atomic E-state index is -0.739. The largest absolute Gasteiger partial charge is 0.484 e. The Balaban J connectivity index is 2.09. The Morgan fingerprint density at radius 1 is 1.48 bits per heavy atom. The molecule has 0 radical (unpaired) electrons. The highest BCUT2D eigenvalue weighted by Gasteiger charge is 2.46. The summed E-state index contributed by atoms with van der Waals surface area (Å²) in [6, 6.07) is 7.02. The van der Waals surface area contributed by atoms with Gasteiger partial charge in [0.15, 0.2) is 11.2 Å². The van der Waals surface area contributed by atoms with Gasteiger partial charge in [-0.1, -0.05) is 0 Å². The van der Waals surface area contributed by atoms with Gasteiger partial charge in [-0.25, -0.2) is 4.98 Å². The van der Waals surface area contributed by atoms with Crippen LogP contribution in [0.15, 0.2) is 23.6 Å².